The molecule has 1 atom stereocenters. The molecule has 1 unspecified atom stereocenters. The molecule has 0 rings (SSSR count). The molecule has 0 bridgehead atoms. The molecule has 0 aliphatic rings. The van der Waals surface area contributed by atoms with Crippen LogP contribution < -0.4 is 0 Å². The molecule has 0 amide bonds. The summed E-state index contributed by atoms with van der Waals surface area (Å²) in [4.78, 5) is 22.6. The Bertz CT molecular complexity index is 245. The monoisotopic (exact) mass is 342 g/mol. The minimum Gasteiger partial charge on any atom is -0.462 e. The first-order valence-corrected chi connectivity index (χ1v) is 6.74. The molecule has 0 aromatic carbocycles. The minimum absolute atomic E-state index is 0.146. The second-order valence-electron chi connectivity index (χ2n) is 4.54. The normalized spacial score (nSPS) is 13.1. The molecule has 0 N–H and O–H groups in total. The maximum Gasteiger partial charge on any atom is 0.317 e. The van der Waals surface area contributed by atoms with Gasteiger partial charge in [0.1, 0.15) is 12.0 Å². The highest BCUT2D eigenvalue weighted by molar-refractivity contribution is 14.1. The molecular weight excluding hydrogens is 323 g/mol. The summed E-state index contributed by atoms with van der Waals surface area (Å²) in [6.45, 7) is 7.09. The lowest BCUT2D eigenvalue weighted by molar-refractivity contribution is -0.163. The van der Waals surface area contributed by atoms with E-state index < -0.39 is 17.5 Å². The van der Waals surface area contributed by atoms with E-state index in [-0.39, 0.29) is 12.5 Å². The van der Waals surface area contributed by atoms with Crippen LogP contribution in [0.15, 0.2) is 0 Å². The maximum absolute atomic E-state index is 11.3. The van der Waals surface area contributed by atoms with Crippen molar-refractivity contribution in [2.75, 3.05) is 4.43 Å². The Morgan fingerprint density at radius 3 is 2.25 bits per heavy atom. The van der Waals surface area contributed by atoms with E-state index >= 15 is 0 Å². The number of alkyl halides is 1. The van der Waals surface area contributed by atoms with E-state index in [0.717, 1.165) is 10.8 Å². The summed E-state index contributed by atoms with van der Waals surface area (Å²) in [6.07, 6.45) is 0.329. The standard InChI is InChI=1S/C11H19IO4/c1-8(5-6-12)15-9(13)7-10(14)16-11(2,3)4/h8H,5-7H2,1-4H3. The summed E-state index contributed by atoms with van der Waals surface area (Å²) < 4.78 is 11.0. The molecule has 0 aliphatic carbocycles. The molecule has 0 heterocycles. The highest BCUT2D eigenvalue weighted by Gasteiger charge is 2.20. The van der Waals surface area contributed by atoms with E-state index in [2.05, 4.69) is 22.6 Å². The first kappa shape index (κ1) is 15.7. The first-order valence-electron chi connectivity index (χ1n) is 5.22. The van der Waals surface area contributed by atoms with Crippen LogP contribution in [0, 0.1) is 0 Å². The third-order valence-corrected chi connectivity index (χ3v) is 2.18. The summed E-state index contributed by atoms with van der Waals surface area (Å²) in [7, 11) is 0. The topological polar surface area (TPSA) is 52.6 Å². The zero-order chi connectivity index (χ0) is 12.8. The smallest absolute Gasteiger partial charge is 0.317 e. The van der Waals surface area contributed by atoms with Gasteiger partial charge in [0.05, 0.1) is 6.10 Å². The summed E-state index contributed by atoms with van der Waals surface area (Å²) in [5.41, 5.74) is -0.564. The molecule has 0 spiro atoms. The molecule has 0 fully saturated rings. The number of esters is 2. The zero-order valence-electron chi connectivity index (χ0n) is 10.2. The van der Waals surface area contributed by atoms with Crippen LogP contribution in [-0.2, 0) is 19.1 Å². The second-order valence-corrected chi connectivity index (χ2v) is 5.62. The summed E-state index contributed by atoms with van der Waals surface area (Å²) in [5.74, 6) is -1.06. The largest absolute Gasteiger partial charge is 0.462 e. The number of rotatable bonds is 5. The number of hydrogen-bond acceptors (Lipinski definition) is 4. The molecule has 4 nitrogen and oxygen atoms in total. The van der Waals surface area contributed by atoms with Crippen LogP contribution >= 0.6 is 22.6 Å². The van der Waals surface area contributed by atoms with Crippen LogP contribution in [0.4, 0.5) is 0 Å². The van der Waals surface area contributed by atoms with E-state index in [0.29, 0.717) is 0 Å². The average molecular weight is 342 g/mol. The van der Waals surface area contributed by atoms with E-state index in [1.54, 1.807) is 20.8 Å². The van der Waals surface area contributed by atoms with Gasteiger partial charge in [-0.15, -0.1) is 0 Å². The second kappa shape index (κ2) is 7.09. The Morgan fingerprint density at radius 2 is 1.81 bits per heavy atom. The number of carbonyl (C=O) groups excluding carboxylic acids is 2. The van der Waals surface area contributed by atoms with Crippen LogP contribution in [0.5, 0.6) is 0 Å². The minimum atomic E-state index is -0.564. The van der Waals surface area contributed by atoms with E-state index in [1.165, 1.54) is 0 Å². The summed E-state index contributed by atoms with van der Waals surface area (Å²) >= 11 is 2.21. The molecule has 0 radical (unpaired) electrons. The van der Waals surface area contributed by atoms with Gasteiger partial charge in [-0.3, -0.25) is 9.59 Å². The third kappa shape index (κ3) is 8.94. The Morgan fingerprint density at radius 1 is 1.25 bits per heavy atom. The molecule has 0 aromatic heterocycles. The van der Waals surface area contributed by atoms with Crippen molar-refractivity contribution in [1.82, 2.24) is 0 Å². The molecular formula is C11H19IO4. The zero-order valence-corrected chi connectivity index (χ0v) is 12.4. The number of carbonyl (C=O) groups is 2. The van der Waals surface area contributed by atoms with Gasteiger partial charge in [-0.05, 0) is 34.1 Å². The van der Waals surface area contributed by atoms with Gasteiger partial charge in [0.15, 0.2) is 0 Å². The van der Waals surface area contributed by atoms with Crippen molar-refractivity contribution in [1.29, 1.82) is 0 Å². The Hall–Kier alpha value is -0.330. The van der Waals surface area contributed by atoms with Gasteiger partial charge in [-0.1, -0.05) is 22.6 Å². The van der Waals surface area contributed by atoms with Crippen molar-refractivity contribution >= 4 is 34.5 Å². The van der Waals surface area contributed by atoms with Crippen LogP contribution in [0.25, 0.3) is 0 Å². The Kier molecular flexibility index (Phi) is 6.94. The van der Waals surface area contributed by atoms with Crippen molar-refractivity contribution in [3.8, 4) is 0 Å². The summed E-state index contributed by atoms with van der Waals surface area (Å²) in [6, 6.07) is 0. The maximum atomic E-state index is 11.3. The van der Waals surface area contributed by atoms with E-state index in [1.807, 2.05) is 6.92 Å². The number of ether oxygens (including phenoxy) is 2. The highest BCUT2D eigenvalue weighted by Crippen LogP contribution is 2.09. The summed E-state index contributed by atoms with van der Waals surface area (Å²) in [5, 5.41) is 0. The van der Waals surface area contributed by atoms with E-state index in [9.17, 15) is 9.59 Å². The van der Waals surface area contributed by atoms with Gasteiger partial charge in [0, 0.05) is 4.43 Å². The predicted molar refractivity (Wildman–Crippen MR) is 69.5 cm³/mol. The van der Waals surface area contributed by atoms with Crippen molar-refractivity contribution in [3.63, 3.8) is 0 Å². The SMILES string of the molecule is CC(CCI)OC(=O)CC(=O)OC(C)(C)C. The van der Waals surface area contributed by atoms with Gasteiger partial charge in [0.25, 0.3) is 0 Å². The third-order valence-electron chi connectivity index (χ3n) is 1.56. The Balaban J connectivity index is 3.92. The molecule has 16 heavy (non-hydrogen) atoms. The van der Waals surface area contributed by atoms with Gasteiger partial charge < -0.3 is 9.47 Å². The van der Waals surface area contributed by atoms with E-state index in [4.69, 9.17) is 9.47 Å². The first-order chi connectivity index (χ1) is 7.24. The fourth-order valence-electron chi connectivity index (χ4n) is 0.974. The van der Waals surface area contributed by atoms with Gasteiger partial charge in [-0.2, -0.15) is 0 Å². The lowest BCUT2D eigenvalue weighted by Gasteiger charge is -2.19. The predicted octanol–water partition coefficient (Wildman–Crippen LogP) is 2.48. The molecule has 94 valence electrons. The quantitative estimate of drug-likeness (QED) is 0.333. The lowest BCUT2D eigenvalue weighted by Crippen LogP contribution is -2.26. The molecule has 0 saturated heterocycles. The highest BCUT2D eigenvalue weighted by atomic mass is 127. The van der Waals surface area contributed by atoms with Crippen LogP contribution in [-0.4, -0.2) is 28.1 Å². The fraction of sp³-hybridized carbons (Fsp3) is 0.818. The molecule has 0 aromatic rings. The van der Waals surface area contributed by atoms with Crippen molar-refractivity contribution in [2.45, 2.75) is 52.2 Å². The molecule has 0 saturated carbocycles. The lowest BCUT2D eigenvalue weighted by atomic mass is 10.2. The van der Waals surface area contributed by atoms with Crippen LogP contribution in [0.3, 0.4) is 0 Å². The van der Waals surface area contributed by atoms with Crippen LogP contribution in [0.2, 0.25) is 0 Å². The van der Waals surface area contributed by atoms with Crippen molar-refractivity contribution in [2.24, 2.45) is 0 Å². The van der Waals surface area contributed by atoms with Crippen molar-refractivity contribution in [3.05, 3.63) is 0 Å². The van der Waals surface area contributed by atoms with Gasteiger partial charge in [-0.25, -0.2) is 0 Å². The van der Waals surface area contributed by atoms with Gasteiger partial charge >= 0.3 is 11.9 Å². The van der Waals surface area contributed by atoms with Gasteiger partial charge in [0.2, 0.25) is 0 Å². The van der Waals surface area contributed by atoms with Crippen LogP contribution in [0.1, 0.15) is 40.5 Å². The van der Waals surface area contributed by atoms with Crippen molar-refractivity contribution < 1.29 is 19.1 Å². The number of halogens is 1. The fourth-order valence-corrected chi connectivity index (χ4v) is 1.85. The average Bonchev–Trinajstić information content (AvgIpc) is 1.98. The molecule has 0 aliphatic heterocycles. The number of hydrogen-bond donors (Lipinski definition) is 0. The molecule has 5 heteroatoms. The Labute approximate surface area is 110 Å².